The molecule has 21 heavy (non-hydrogen) atoms. The summed E-state index contributed by atoms with van der Waals surface area (Å²) in [5, 5.41) is 5.38. The van der Waals surface area contributed by atoms with Crippen molar-refractivity contribution in [2.24, 2.45) is 0 Å². The molecule has 0 bridgehead atoms. The molecule has 0 amide bonds. The van der Waals surface area contributed by atoms with E-state index in [1.807, 2.05) is 24.4 Å². The van der Waals surface area contributed by atoms with Crippen molar-refractivity contribution in [3.05, 3.63) is 35.5 Å². The standard InChI is InChI=1S/C17H22ClN3/c1-3-19-13-8-10-21(12(2)11-13)16-7-6-15(18)14-5-4-9-20-17(14)16/h4-7,9,12-13,19H,3,8,10-11H2,1-2H3. The molecule has 1 saturated heterocycles. The van der Waals surface area contributed by atoms with Gasteiger partial charge >= 0.3 is 0 Å². The van der Waals surface area contributed by atoms with Gasteiger partial charge in [0.2, 0.25) is 0 Å². The molecule has 0 radical (unpaired) electrons. The number of pyridine rings is 1. The van der Waals surface area contributed by atoms with Gasteiger partial charge in [0.25, 0.3) is 0 Å². The van der Waals surface area contributed by atoms with E-state index in [-0.39, 0.29) is 0 Å². The van der Waals surface area contributed by atoms with Crippen molar-refractivity contribution in [1.29, 1.82) is 0 Å². The van der Waals surface area contributed by atoms with Crippen molar-refractivity contribution in [2.75, 3.05) is 18.0 Å². The molecule has 2 unspecified atom stereocenters. The summed E-state index contributed by atoms with van der Waals surface area (Å²) >= 11 is 6.30. The Morgan fingerprint density at radius 3 is 3.00 bits per heavy atom. The second kappa shape index (κ2) is 6.20. The number of anilines is 1. The first kappa shape index (κ1) is 14.6. The molecule has 1 aromatic heterocycles. The van der Waals surface area contributed by atoms with Crippen LogP contribution >= 0.6 is 11.6 Å². The monoisotopic (exact) mass is 303 g/mol. The summed E-state index contributed by atoms with van der Waals surface area (Å²) in [7, 11) is 0. The SMILES string of the molecule is CCNC1CCN(c2ccc(Cl)c3cccnc23)C(C)C1. The van der Waals surface area contributed by atoms with Crippen LogP contribution in [0.2, 0.25) is 5.02 Å². The predicted octanol–water partition coefficient (Wildman–Crippen LogP) is 3.86. The largest absolute Gasteiger partial charge is 0.367 e. The van der Waals surface area contributed by atoms with E-state index in [1.54, 1.807) is 0 Å². The van der Waals surface area contributed by atoms with Gasteiger partial charge in [0, 0.05) is 30.2 Å². The number of benzene rings is 1. The maximum atomic E-state index is 6.30. The molecule has 1 fully saturated rings. The van der Waals surface area contributed by atoms with E-state index in [1.165, 1.54) is 18.5 Å². The number of hydrogen-bond donors (Lipinski definition) is 1. The molecule has 2 atom stereocenters. The Hall–Kier alpha value is -1.32. The highest BCUT2D eigenvalue weighted by atomic mass is 35.5. The molecule has 1 aliphatic heterocycles. The lowest BCUT2D eigenvalue weighted by Gasteiger charge is -2.40. The van der Waals surface area contributed by atoms with Crippen molar-refractivity contribution in [1.82, 2.24) is 10.3 Å². The van der Waals surface area contributed by atoms with Crippen LogP contribution in [0.25, 0.3) is 10.9 Å². The van der Waals surface area contributed by atoms with Crippen LogP contribution in [0, 0.1) is 0 Å². The molecule has 2 heterocycles. The van der Waals surface area contributed by atoms with Gasteiger partial charge in [-0.15, -0.1) is 0 Å². The highest BCUT2D eigenvalue weighted by Crippen LogP contribution is 2.33. The van der Waals surface area contributed by atoms with Crippen LogP contribution in [0.3, 0.4) is 0 Å². The number of rotatable bonds is 3. The fourth-order valence-electron chi connectivity index (χ4n) is 3.36. The Kier molecular flexibility index (Phi) is 4.32. The zero-order chi connectivity index (χ0) is 14.8. The fraction of sp³-hybridized carbons (Fsp3) is 0.471. The molecule has 1 aliphatic rings. The van der Waals surface area contributed by atoms with Crippen molar-refractivity contribution in [2.45, 2.75) is 38.8 Å². The number of halogens is 1. The highest BCUT2D eigenvalue weighted by Gasteiger charge is 2.26. The molecule has 4 heteroatoms. The first-order valence-electron chi connectivity index (χ1n) is 7.74. The van der Waals surface area contributed by atoms with Crippen LogP contribution in [0.4, 0.5) is 5.69 Å². The van der Waals surface area contributed by atoms with E-state index in [4.69, 9.17) is 11.6 Å². The minimum atomic E-state index is 0.509. The quantitative estimate of drug-likeness (QED) is 0.933. The molecule has 0 aliphatic carbocycles. The number of aromatic nitrogens is 1. The Bertz CT molecular complexity index is 628. The van der Waals surface area contributed by atoms with Crippen molar-refractivity contribution in [3.8, 4) is 0 Å². The van der Waals surface area contributed by atoms with E-state index in [0.29, 0.717) is 12.1 Å². The van der Waals surface area contributed by atoms with E-state index < -0.39 is 0 Å². The summed E-state index contributed by atoms with van der Waals surface area (Å²) in [5.74, 6) is 0. The van der Waals surface area contributed by atoms with Crippen molar-refractivity contribution in [3.63, 3.8) is 0 Å². The number of nitrogens with one attached hydrogen (secondary N) is 1. The third-order valence-electron chi connectivity index (χ3n) is 4.37. The molecule has 2 aromatic rings. The van der Waals surface area contributed by atoms with Crippen LogP contribution in [-0.2, 0) is 0 Å². The summed E-state index contributed by atoms with van der Waals surface area (Å²) in [6.07, 6.45) is 4.19. The van der Waals surface area contributed by atoms with Crippen LogP contribution in [0.1, 0.15) is 26.7 Å². The molecular formula is C17H22ClN3. The van der Waals surface area contributed by atoms with Gasteiger partial charge in [-0.2, -0.15) is 0 Å². The minimum absolute atomic E-state index is 0.509. The first-order chi connectivity index (χ1) is 10.2. The zero-order valence-corrected chi connectivity index (χ0v) is 13.4. The molecular weight excluding hydrogens is 282 g/mol. The van der Waals surface area contributed by atoms with Gasteiger partial charge in [-0.1, -0.05) is 18.5 Å². The Balaban J connectivity index is 1.93. The molecule has 1 aromatic carbocycles. The molecule has 0 saturated carbocycles. The minimum Gasteiger partial charge on any atom is -0.367 e. The van der Waals surface area contributed by atoms with E-state index >= 15 is 0 Å². The Morgan fingerprint density at radius 1 is 1.38 bits per heavy atom. The number of fused-ring (bicyclic) bond motifs is 1. The van der Waals surface area contributed by atoms with E-state index in [2.05, 4.69) is 35.1 Å². The van der Waals surface area contributed by atoms with Crippen LogP contribution < -0.4 is 10.2 Å². The lowest BCUT2D eigenvalue weighted by atomic mass is 9.97. The Labute approximate surface area is 131 Å². The number of piperidine rings is 1. The van der Waals surface area contributed by atoms with Gasteiger partial charge in [-0.3, -0.25) is 4.98 Å². The van der Waals surface area contributed by atoms with E-state index in [9.17, 15) is 0 Å². The second-order valence-electron chi connectivity index (χ2n) is 5.79. The van der Waals surface area contributed by atoms with Gasteiger partial charge in [-0.05, 0) is 50.6 Å². The van der Waals surface area contributed by atoms with Gasteiger partial charge in [0.05, 0.1) is 16.2 Å². The molecule has 0 spiro atoms. The molecule has 3 rings (SSSR count). The smallest absolute Gasteiger partial charge is 0.0950 e. The maximum absolute atomic E-state index is 6.30. The van der Waals surface area contributed by atoms with Crippen molar-refractivity contribution >= 4 is 28.2 Å². The fourth-order valence-corrected chi connectivity index (χ4v) is 3.57. The Morgan fingerprint density at radius 2 is 2.24 bits per heavy atom. The summed E-state index contributed by atoms with van der Waals surface area (Å²) in [6, 6.07) is 9.23. The normalized spacial score (nSPS) is 22.7. The first-order valence-corrected chi connectivity index (χ1v) is 8.11. The maximum Gasteiger partial charge on any atom is 0.0950 e. The highest BCUT2D eigenvalue weighted by molar-refractivity contribution is 6.35. The summed E-state index contributed by atoms with van der Waals surface area (Å²) in [5.41, 5.74) is 2.22. The topological polar surface area (TPSA) is 28.2 Å². The number of hydrogen-bond acceptors (Lipinski definition) is 3. The third kappa shape index (κ3) is 2.85. The third-order valence-corrected chi connectivity index (χ3v) is 4.70. The summed E-state index contributed by atoms with van der Waals surface area (Å²) in [6.45, 7) is 6.58. The summed E-state index contributed by atoms with van der Waals surface area (Å²) in [4.78, 5) is 7.04. The predicted molar refractivity (Wildman–Crippen MR) is 90.3 cm³/mol. The lowest BCUT2D eigenvalue weighted by molar-refractivity contribution is 0.374. The molecule has 3 nitrogen and oxygen atoms in total. The van der Waals surface area contributed by atoms with Crippen molar-refractivity contribution < 1.29 is 0 Å². The van der Waals surface area contributed by atoms with Crippen LogP contribution in [-0.4, -0.2) is 30.2 Å². The van der Waals surface area contributed by atoms with Gasteiger partial charge in [-0.25, -0.2) is 0 Å². The molecule has 1 N–H and O–H groups in total. The second-order valence-corrected chi connectivity index (χ2v) is 6.19. The molecule has 112 valence electrons. The average Bonchev–Trinajstić information content (AvgIpc) is 2.49. The van der Waals surface area contributed by atoms with Crippen LogP contribution in [0.15, 0.2) is 30.5 Å². The zero-order valence-electron chi connectivity index (χ0n) is 12.6. The lowest BCUT2D eigenvalue weighted by Crippen LogP contribution is -2.47. The van der Waals surface area contributed by atoms with Gasteiger partial charge in [0.1, 0.15) is 0 Å². The number of nitrogens with zero attached hydrogens (tertiary/aromatic N) is 2. The van der Waals surface area contributed by atoms with E-state index in [0.717, 1.165) is 29.0 Å². The van der Waals surface area contributed by atoms with Gasteiger partial charge in [0.15, 0.2) is 0 Å². The summed E-state index contributed by atoms with van der Waals surface area (Å²) < 4.78 is 0. The van der Waals surface area contributed by atoms with Gasteiger partial charge < -0.3 is 10.2 Å². The van der Waals surface area contributed by atoms with Crippen LogP contribution in [0.5, 0.6) is 0 Å². The average molecular weight is 304 g/mol.